The van der Waals surface area contributed by atoms with Gasteiger partial charge in [-0.2, -0.15) is 0 Å². The molecule has 1 unspecified atom stereocenters. The van der Waals surface area contributed by atoms with Crippen molar-refractivity contribution in [3.63, 3.8) is 0 Å². The lowest BCUT2D eigenvalue weighted by molar-refractivity contribution is -0.128. The van der Waals surface area contributed by atoms with Crippen molar-refractivity contribution in [3.8, 4) is 0 Å². The highest BCUT2D eigenvalue weighted by Crippen LogP contribution is 2.33. The molecule has 0 aromatic carbocycles. The third kappa shape index (κ3) is 1.81. The summed E-state index contributed by atoms with van der Waals surface area (Å²) in [7, 11) is 0. The van der Waals surface area contributed by atoms with Gasteiger partial charge in [0.25, 0.3) is 0 Å². The zero-order valence-corrected chi connectivity index (χ0v) is 6.52. The Morgan fingerprint density at radius 1 is 1.50 bits per heavy atom. The van der Waals surface area contributed by atoms with Crippen LogP contribution in [0.25, 0.3) is 0 Å². The first kappa shape index (κ1) is 7.73. The first-order valence-electron chi connectivity index (χ1n) is 3.67. The van der Waals surface area contributed by atoms with E-state index in [0.717, 1.165) is 0 Å². The van der Waals surface area contributed by atoms with E-state index in [1.807, 2.05) is 13.8 Å². The van der Waals surface area contributed by atoms with Crippen molar-refractivity contribution >= 4 is 5.78 Å². The Hall–Kier alpha value is -0.370. The Bertz CT molecular complexity index is 149. The molecule has 0 amide bonds. The fourth-order valence-corrected chi connectivity index (χ4v) is 1.62. The van der Waals surface area contributed by atoms with Crippen molar-refractivity contribution < 1.29 is 9.90 Å². The van der Waals surface area contributed by atoms with E-state index in [9.17, 15) is 9.90 Å². The predicted octanol–water partition coefficient (Wildman–Crippen LogP) is 1.56. The van der Waals surface area contributed by atoms with Gasteiger partial charge in [0.1, 0.15) is 11.9 Å². The lowest BCUT2D eigenvalue weighted by atomic mass is 9.75. The first-order valence-corrected chi connectivity index (χ1v) is 3.67. The van der Waals surface area contributed by atoms with Gasteiger partial charge in [0, 0.05) is 12.8 Å². The summed E-state index contributed by atoms with van der Waals surface area (Å²) in [6, 6.07) is 0. The minimum Gasteiger partial charge on any atom is -0.300 e. The summed E-state index contributed by atoms with van der Waals surface area (Å²) in [6.07, 6.45) is 0.852. The summed E-state index contributed by atoms with van der Waals surface area (Å²) in [4.78, 5) is 10.9. The van der Waals surface area contributed by atoms with Crippen molar-refractivity contribution in [1.82, 2.24) is 0 Å². The Labute approximate surface area is 61.2 Å². The van der Waals surface area contributed by atoms with E-state index in [4.69, 9.17) is 0 Å². The van der Waals surface area contributed by atoms with E-state index in [1.54, 1.807) is 0 Å². The molecule has 0 aromatic heterocycles. The van der Waals surface area contributed by atoms with Crippen LogP contribution < -0.4 is 0 Å². The quantitative estimate of drug-likeness (QED) is 0.504. The van der Waals surface area contributed by atoms with E-state index >= 15 is 0 Å². The minimum atomic E-state index is -0.642. The zero-order chi connectivity index (χ0) is 7.78. The number of Topliss-reactive ketones (excluding diaryl/α,β-unsaturated/α-hetero) is 1. The summed E-state index contributed by atoms with van der Waals surface area (Å²) in [6.45, 7) is 3.96. The molecule has 0 bridgehead atoms. The predicted molar refractivity (Wildman–Crippen MR) is 37.1 cm³/mol. The summed E-state index contributed by atoms with van der Waals surface area (Å²) in [5.41, 5.74) is -0.0399. The highest BCUT2D eigenvalue weighted by molar-refractivity contribution is 5.80. The zero-order valence-electron chi connectivity index (χ0n) is 6.52. The van der Waals surface area contributed by atoms with Crippen LogP contribution in [0.3, 0.4) is 0 Å². The highest BCUT2D eigenvalue weighted by Gasteiger charge is 2.32. The maximum atomic E-state index is 11.0. The summed E-state index contributed by atoms with van der Waals surface area (Å²) in [5.74, 6) is 0.135. The number of hydrogen-bond donors (Lipinski definition) is 0. The summed E-state index contributed by atoms with van der Waals surface area (Å²) in [5, 5.41) is 11.0. The van der Waals surface area contributed by atoms with Gasteiger partial charge in [0.05, 0.1) is 0 Å². The molecule has 0 aliphatic heterocycles. The molecule has 1 aliphatic rings. The van der Waals surface area contributed by atoms with Gasteiger partial charge in [0.15, 0.2) is 0 Å². The number of carbonyl (C=O) groups is 1. The first-order chi connectivity index (χ1) is 4.49. The average Bonchev–Trinajstić information content (AvgIpc) is 1.54. The van der Waals surface area contributed by atoms with Crippen LogP contribution in [0.15, 0.2) is 0 Å². The van der Waals surface area contributed by atoms with Crippen molar-refractivity contribution in [2.45, 2.75) is 39.2 Å². The van der Waals surface area contributed by atoms with E-state index in [1.165, 1.54) is 0 Å². The van der Waals surface area contributed by atoms with E-state index < -0.39 is 6.10 Å². The Kier molecular flexibility index (Phi) is 1.82. The second-order valence-corrected chi connectivity index (χ2v) is 3.91. The molecule has 1 rings (SSSR count). The number of carbonyl (C=O) groups excluding carboxylic acids is 1. The fraction of sp³-hybridized carbons (Fsp3) is 0.875. The van der Waals surface area contributed by atoms with Crippen LogP contribution in [0.4, 0.5) is 0 Å². The van der Waals surface area contributed by atoms with Crippen molar-refractivity contribution in [1.29, 1.82) is 0 Å². The molecule has 2 nitrogen and oxygen atoms in total. The molecular weight excluding hydrogens is 128 g/mol. The lowest BCUT2D eigenvalue weighted by Gasteiger charge is -2.30. The molecule has 1 saturated carbocycles. The van der Waals surface area contributed by atoms with Crippen molar-refractivity contribution in [2.75, 3.05) is 0 Å². The van der Waals surface area contributed by atoms with Gasteiger partial charge < -0.3 is 0 Å². The SMILES string of the molecule is CC1(C)CC(=O)CC([O])C1. The second-order valence-electron chi connectivity index (χ2n) is 3.91. The van der Waals surface area contributed by atoms with E-state index in [2.05, 4.69) is 0 Å². The molecule has 10 heavy (non-hydrogen) atoms. The molecule has 1 radical (unpaired) electrons. The summed E-state index contributed by atoms with van der Waals surface area (Å²) >= 11 is 0. The van der Waals surface area contributed by atoms with Crippen LogP contribution in [-0.2, 0) is 9.90 Å². The number of ketones is 1. The minimum absolute atomic E-state index is 0.0399. The highest BCUT2D eigenvalue weighted by atomic mass is 16.3. The monoisotopic (exact) mass is 141 g/mol. The van der Waals surface area contributed by atoms with Gasteiger partial charge in [-0.3, -0.25) is 4.79 Å². The third-order valence-electron chi connectivity index (χ3n) is 1.91. The van der Waals surface area contributed by atoms with Crippen LogP contribution >= 0.6 is 0 Å². The van der Waals surface area contributed by atoms with Crippen molar-refractivity contribution in [3.05, 3.63) is 0 Å². The molecule has 57 valence electrons. The summed E-state index contributed by atoms with van der Waals surface area (Å²) < 4.78 is 0. The van der Waals surface area contributed by atoms with Gasteiger partial charge >= 0.3 is 0 Å². The Morgan fingerprint density at radius 2 is 2.10 bits per heavy atom. The molecule has 0 saturated heterocycles. The smallest absolute Gasteiger partial charge is 0.136 e. The standard InChI is InChI=1S/C8H13O2/c1-8(2)4-6(9)3-7(10)5-8/h6H,3-5H2,1-2H3. The van der Waals surface area contributed by atoms with E-state index in [-0.39, 0.29) is 17.6 Å². The van der Waals surface area contributed by atoms with E-state index in [0.29, 0.717) is 12.8 Å². The molecule has 1 fully saturated rings. The van der Waals surface area contributed by atoms with Gasteiger partial charge in [0.2, 0.25) is 0 Å². The van der Waals surface area contributed by atoms with Crippen LogP contribution in [0, 0.1) is 5.41 Å². The molecule has 1 atom stereocenters. The average molecular weight is 141 g/mol. The lowest BCUT2D eigenvalue weighted by Crippen LogP contribution is -2.31. The third-order valence-corrected chi connectivity index (χ3v) is 1.91. The second kappa shape index (κ2) is 2.35. The van der Waals surface area contributed by atoms with Gasteiger partial charge in [-0.25, -0.2) is 5.11 Å². The molecular formula is C8H13O2. The maximum Gasteiger partial charge on any atom is 0.136 e. The molecule has 1 aliphatic carbocycles. The van der Waals surface area contributed by atoms with Gasteiger partial charge in [-0.15, -0.1) is 0 Å². The van der Waals surface area contributed by atoms with Gasteiger partial charge in [-0.1, -0.05) is 13.8 Å². The largest absolute Gasteiger partial charge is 0.300 e. The number of rotatable bonds is 0. The fourth-order valence-electron chi connectivity index (χ4n) is 1.62. The Balaban J connectivity index is 2.59. The number of hydrogen-bond acceptors (Lipinski definition) is 1. The van der Waals surface area contributed by atoms with Crippen LogP contribution in [-0.4, -0.2) is 11.9 Å². The van der Waals surface area contributed by atoms with Gasteiger partial charge in [-0.05, 0) is 11.8 Å². The molecule has 0 spiro atoms. The molecule has 0 N–H and O–H groups in total. The molecule has 0 aromatic rings. The Morgan fingerprint density at radius 3 is 2.50 bits per heavy atom. The van der Waals surface area contributed by atoms with Crippen LogP contribution in [0.2, 0.25) is 0 Å². The topological polar surface area (TPSA) is 37.0 Å². The van der Waals surface area contributed by atoms with Crippen LogP contribution in [0.5, 0.6) is 0 Å². The molecule has 2 heteroatoms. The molecule has 0 heterocycles. The van der Waals surface area contributed by atoms with Crippen LogP contribution in [0.1, 0.15) is 33.1 Å². The van der Waals surface area contributed by atoms with Crippen molar-refractivity contribution in [2.24, 2.45) is 5.41 Å². The maximum absolute atomic E-state index is 11.0. The normalized spacial score (nSPS) is 32.3.